The Hall–Kier alpha value is 0.220. The summed E-state index contributed by atoms with van der Waals surface area (Å²) in [4.78, 5) is 36.1. The van der Waals surface area contributed by atoms with Gasteiger partial charge in [-0.3, -0.25) is 9.13 Å². The monoisotopic (exact) mass is 390 g/mol. The van der Waals surface area contributed by atoms with E-state index in [0.717, 1.165) is 36.7 Å². The van der Waals surface area contributed by atoms with Crippen molar-refractivity contribution in [3.63, 3.8) is 0 Å². The first-order valence-electron chi connectivity index (χ1n) is 8.35. The van der Waals surface area contributed by atoms with Crippen molar-refractivity contribution in [2.45, 2.75) is 62.9 Å². The van der Waals surface area contributed by atoms with Gasteiger partial charge in [-0.2, -0.15) is 0 Å². The first kappa shape index (κ1) is 24.2. The third-order valence-electron chi connectivity index (χ3n) is 4.02. The summed E-state index contributed by atoms with van der Waals surface area (Å²) in [6, 6.07) is 0. The molecule has 0 radical (unpaired) electrons. The van der Waals surface area contributed by atoms with E-state index < -0.39 is 26.7 Å². The van der Waals surface area contributed by atoms with Gasteiger partial charge in [0.05, 0.1) is 27.7 Å². The summed E-state index contributed by atoms with van der Waals surface area (Å²) in [6.45, 7) is 1.14. The van der Waals surface area contributed by atoms with Crippen molar-refractivity contribution in [1.29, 1.82) is 0 Å². The molecule has 0 atom stereocenters. The zero-order valence-corrected chi connectivity index (χ0v) is 16.8. The fourth-order valence-electron chi connectivity index (χ4n) is 2.47. The molecular weight excluding hydrogens is 356 g/mol. The second kappa shape index (κ2) is 9.79. The Morgan fingerprint density at radius 1 is 0.708 bits per heavy atom. The predicted molar refractivity (Wildman–Crippen MR) is 93.5 cm³/mol. The zero-order chi connectivity index (χ0) is 19.1. The van der Waals surface area contributed by atoms with Crippen molar-refractivity contribution in [2.75, 3.05) is 27.7 Å². The largest absolute Gasteiger partial charge is 0.369 e. The van der Waals surface area contributed by atoms with Gasteiger partial charge in [0, 0.05) is 0 Å². The quantitative estimate of drug-likeness (QED) is 0.185. The fraction of sp³-hybridized carbons (Fsp3) is 1.00. The molecule has 5 N–H and O–H groups in total. The number of hydrogen-bond donors (Lipinski definition) is 5. The van der Waals surface area contributed by atoms with Crippen LogP contribution in [0.4, 0.5) is 0 Å². The predicted octanol–water partition coefficient (Wildman–Crippen LogP) is 2.21. The van der Waals surface area contributed by atoms with Gasteiger partial charge >= 0.3 is 15.2 Å². The van der Waals surface area contributed by atoms with E-state index in [1.807, 2.05) is 0 Å². The number of nitrogens with zero attached hydrogens (tertiary/aromatic N) is 1. The molecule has 0 aliphatic carbocycles. The highest BCUT2D eigenvalue weighted by Crippen LogP contribution is 2.69. The van der Waals surface area contributed by atoms with Gasteiger partial charge in [-0.1, -0.05) is 32.1 Å². The minimum Gasteiger partial charge on any atom is -0.368 e. The molecule has 0 spiro atoms. The van der Waals surface area contributed by atoms with Gasteiger partial charge in [0.15, 0.2) is 0 Å². The number of unbranched alkanes of at least 4 members (excludes halogenated alkanes) is 7. The standard InChI is InChI=1S/C14H33NO7P2/c1-15(2,3)13-11-9-7-5-4-6-8-10-12-14(16,23(17,18)19)24(20,21)22/h16H,4-13H2,1-3H3,(H3-,17,18,19,20,21,22)/p+1. The molecule has 0 aromatic carbocycles. The molecule has 10 heteroatoms. The van der Waals surface area contributed by atoms with Gasteiger partial charge < -0.3 is 29.2 Å². The maximum atomic E-state index is 11.2. The first-order chi connectivity index (χ1) is 10.7. The summed E-state index contributed by atoms with van der Waals surface area (Å²) in [7, 11) is -4.12. The summed E-state index contributed by atoms with van der Waals surface area (Å²) in [6.07, 6.45) is 6.46. The van der Waals surface area contributed by atoms with Gasteiger partial charge in [-0.15, -0.1) is 0 Å². The minimum absolute atomic E-state index is 0.161. The number of rotatable bonds is 13. The normalized spacial score (nSPS) is 14.2. The summed E-state index contributed by atoms with van der Waals surface area (Å²) in [5, 5.41) is 6.46. The highest BCUT2D eigenvalue weighted by molar-refractivity contribution is 7.72. The molecular formula is C14H34NO7P2+. The van der Waals surface area contributed by atoms with Crippen LogP contribution in [-0.2, 0) is 9.13 Å². The van der Waals surface area contributed by atoms with Crippen molar-refractivity contribution in [2.24, 2.45) is 0 Å². The highest BCUT2D eigenvalue weighted by atomic mass is 31.2. The molecule has 0 aromatic rings. The van der Waals surface area contributed by atoms with Crippen LogP contribution in [0.15, 0.2) is 0 Å². The Morgan fingerprint density at radius 3 is 1.38 bits per heavy atom. The van der Waals surface area contributed by atoms with Crippen LogP contribution < -0.4 is 0 Å². The lowest BCUT2D eigenvalue weighted by Gasteiger charge is -2.29. The van der Waals surface area contributed by atoms with E-state index in [4.69, 9.17) is 19.6 Å². The molecule has 146 valence electrons. The van der Waals surface area contributed by atoms with E-state index >= 15 is 0 Å². The molecule has 8 nitrogen and oxygen atoms in total. The summed E-state index contributed by atoms with van der Waals surface area (Å²) in [5.74, 6) is 0. The van der Waals surface area contributed by atoms with E-state index in [2.05, 4.69) is 21.1 Å². The smallest absolute Gasteiger partial charge is 0.368 e. The van der Waals surface area contributed by atoms with Crippen molar-refractivity contribution >= 4 is 15.2 Å². The van der Waals surface area contributed by atoms with Crippen LogP contribution in [0.25, 0.3) is 0 Å². The molecule has 0 amide bonds. The van der Waals surface area contributed by atoms with Crippen LogP contribution in [0.1, 0.15) is 57.8 Å². The van der Waals surface area contributed by atoms with Gasteiger partial charge in [0.2, 0.25) is 0 Å². The minimum atomic E-state index is -5.31. The summed E-state index contributed by atoms with van der Waals surface area (Å²) < 4.78 is 23.3. The SMILES string of the molecule is C[N+](C)(C)CCCCCCCCCCC(O)(P(=O)(O)O)P(=O)(O)O. The van der Waals surface area contributed by atoms with E-state index in [0.29, 0.717) is 6.42 Å². The Morgan fingerprint density at radius 2 is 1.04 bits per heavy atom. The zero-order valence-electron chi connectivity index (χ0n) is 15.0. The van der Waals surface area contributed by atoms with Crippen molar-refractivity contribution < 1.29 is 38.3 Å². The van der Waals surface area contributed by atoms with E-state index in [-0.39, 0.29) is 6.42 Å². The third kappa shape index (κ3) is 9.07. The molecule has 0 aliphatic heterocycles. The summed E-state index contributed by atoms with van der Waals surface area (Å²) in [5.41, 5.74) is 0. The van der Waals surface area contributed by atoms with Crippen LogP contribution in [0.5, 0.6) is 0 Å². The molecule has 0 fully saturated rings. The van der Waals surface area contributed by atoms with E-state index in [9.17, 15) is 14.2 Å². The molecule has 0 rings (SSSR count). The molecule has 0 aromatic heterocycles. The maximum absolute atomic E-state index is 11.2. The summed E-state index contributed by atoms with van der Waals surface area (Å²) >= 11 is 0. The highest BCUT2D eigenvalue weighted by Gasteiger charge is 2.58. The average molecular weight is 390 g/mol. The van der Waals surface area contributed by atoms with Crippen LogP contribution in [0.2, 0.25) is 0 Å². The lowest BCUT2D eigenvalue weighted by Crippen LogP contribution is -2.35. The molecule has 0 unspecified atom stereocenters. The van der Waals surface area contributed by atoms with E-state index in [1.54, 1.807) is 0 Å². The lowest BCUT2D eigenvalue weighted by molar-refractivity contribution is -0.870. The fourth-order valence-corrected chi connectivity index (χ4v) is 4.73. The maximum Gasteiger partial charge on any atom is 0.369 e. The van der Waals surface area contributed by atoms with Crippen LogP contribution >= 0.6 is 15.2 Å². The first-order valence-corrected chi connectivity index (χ1v) is 11.6. The van der Waals surface area contributed by atoms with Crippen molar-refractivity contribution in [1.82, 2.24) is 0 Å². The Balaban J connectivity index is 3.90. The Kier molecular flexibility index (Phi) is 9.88. The van der Waals surface area contributed by atoms with Gasteiger partial charge in [-0.05, 0) is 25.7 Å². The molecule has 0 heterocycles. The van der Waals surface area contributed by atoms with Gasteiger partial charge in [0.1, 0.15) is 0 Å². The second-order valence-electron chi connectivity index (χ2n) is 7.45. The number of quaternary nitrogens is 1. The van der Waals surface area contributed by atoms with Crippen LogP contribution in [-0.4, -0.2) is 61.9 Å². The molecule has 0 bridgehead atoms. The Bertz CT molecular complexity index is 431. The van der Waals surface area contributed by atoms with Crippen molar-refractivity contribution in [3.8, 4) is 0 Å². The number of aliphatic hydroxyl groups is 1. The Labute approximate surface area is 144 Å². The van der Waals surface area contributed by atoms with Gasteiger partial charge in [0.25, 0.3) is 5.08 Å². The van der Waals surface area contributed by atoms with E-state index in [1.165, 1.54) is 12.8 Å². The number of hydrogen-bond acceptors (Lipinski definition) is 3. The molecule has 0 aliphatic rings. The molecule has 0 saturated carbocycles. The molecule has 0 saturated heterocycles. The van der Waals surface area contributed by atoms with Crippen LogP contribution in [0.3, 0.4) is 0 Å². The topological polar surface area (TPSA) is 135 Å². The lowest BCUT2D eigenvalue weighted by atomic mass is 10.1. The second-order valence-corrected chi connectivity index (χ2v) is 11.5. The average Bonchev–Trinajstić information content (AvgIpc) is 2.36. The molecule has 24 heavy (non-hydrogen) atoms. The van der Waals surface area contributed by atoms with Crippen molar-refractivity contribution in [3.05, 3.63) is 0 Å². The van der Waals surface area contributed by atoms with Gasteiger partial charge in [-0.25, -0.2) is 0 Å². The third-order valence-corrected chi connectivity index (χ3v) is 7.90. The van der Waals surface area contributed by atoms with Crippen LogP contribution in [0, 0.1) is 0 Å².